The molecule has 2 aliphatic rings. The van der Waals surface area contributed by atoms with Crippen molar-refractivity contribution in [1.29, 1.82) is 0 Å². The summed E-state index contributed by atoms with van der Waals surface area (Å²) in [7, 11) is 0. The van der Waals surface area contributed by atoms with E-state index in [1.165, 1.54) is 0 Å². The van der Waals surface area contributed by atoms with E-state index in [1.807, 2.05) is 6.92 Å². The van der Waals surface area contributed by atoms with Gasteiger partial charge in [-0.15, -0.1) is 0 Å². The zero-order valence-corrected chi connectivity index (χ0v) is 20.3. The van der Waals surface area contributed by atoms with Gasteiger partial charge in [-0.05, 0) is 69.8 Å². The predicted octanol–water partition coefficient (Wildman–Crippen LogP) is 2.31. The maximum absolute atomic E-state index is 13.0. The number of benzene rings is 1. The minimum absolute atomic E-state index is 0.0198. The van der Waals surface area contributed by atoms with Crippen LogP contribution in [0.15, 0.2) is 18.2 Å². The first-order valence-corrected chi connectivity index (χ1v) is 12.2. The van der Waals surface area contributed by atoms with Gasteiger partial charge in [-0.1, -0.05) is 18.5 Å². The molecule has 1 atom stereocenters. The van der Waals surface area contributed by atoms with Crippen LogP contribution in [-0.4, -0.2) is 79.4 Å². The standard InChI is InChI=1S/C24H35ClN4O4/c1-17-7-11-28(12-8-17)15-23(31)29-10-4-3-9-26-24(32)20-13-19(25)5-6-21(20)33-16-18(2)27-22(30)14-29/h5-6,13,17-18H,3-4,7-12,14-16H2,1-2H3,(H,26,32)(H,27,30)/t18-/m0/s1. The number of amides is 3. The van der Waals surface area contributed by atoms with Crippen LogP contribution in [0.2, 0.25) is 5.02 Å². The molecule has 0 bridgehead atoms. The summed E-state index contributed by atoms with van der Waals surface area (Å²) >= 11 is 6.07. The van der Waals surface area contributed by atoms with E-state index >= 15 is 0 Å². The third kappa shape index (κ3) is 7.89. The maximum atomic E-state index is 13.0. The third-order valence-corrected chi connectivity index (χ3v) is 6.38. The van der Waals surface area contributed by atoms with Crippen molar-refractivity contribution < 1.29 is 19.1 Å². The summed E-state index contributed by atoms with van der Waals surface area (Å²) in [5.74, 6) is 0.611. The Morgan fingerprint density at radius 1 is 1.15 bits per heavy atom. The first-order valence-electron chi connectivity index (χ1n) is 11.8. The maximum Gasteiger partial charge on any atom is 0.255 e. The second kappa shape index (κ2) is 12.2. The van der Waals surface area contributed by atoms with Crippen molar-refractivity contribution in [1.82, 2.24) is 20.4 Å². The molecule has 0 saturated carbocycles. The molecule has 0 aromatic heterocycles. The molecule has 9 heteroatoms. The smallest absolute Gasteiger partial charge is 0.255 e. The second-order valence-electron chi connectivity index (χ2n) is 9.16. The minimum Gasteiger partial charge on any atom is -0.491 e. The van der Waals surface area contributed by atoms with Crippen LogP contribution in [-0.2, 0) is 9.59 Å². The highest BCUT2D eigenvalue weighted by Crippen LogP contribution is 2.23. The number of halogens is 1. The van der Waals surface area contributed by atoms with Crippen molar-refractivity contribution in [2.75, 3.05) is 45.9 Å². The van der Waals surface area contributed by atoms with Crippen LogP contribution < -0.4 is 15.4 Å². The van der Waals surface area contributed by atoms with Crippen LogP contribution in [0.5, 0.6) is 5.75 Å². The van der Waals surface area contributed by atoms with E-state index in [2.05, 4.69) is 22.5 Å². The first-order chi connectivity index (χ1) is 15.8. The van der Waals surface area contributed by atoms with E-state index < -0.39 is 0 Å². The SMILES string of the molecule is CC1CCN(CC(=O)N2CCCCNC(=O)c3cc(Cl)ccc3OC[C@H](C)NC(=O)C2)CC1. The fourth-order valence-electron chi connectivity index (χ4n) is 4.08. The first kappa shape index (κ1) is 25.3. The summed E-state index contributed by atoms with van der Waals surface area (Å²) < 4.78 is 5.81. The molecule has 1 fully saturated rings. The Morgan fingerprint density at radius 3 is 2.67 bits per heavy atom. The molecular formula is C24H35ClN4O4. The number of hydrogen-bond acceptors (Lipinski definition) is 5. The number of nitrogens with one attached hydrogen (secondary N) is 2. The molecule has 0 spiro atoms. The molecule has 2 heterocycles. The van der Waals surface area contributed by atoms with Crippen LogP contribution in [0.4, 0.5) is 0 Å². The lowest BCUT2D eigenvalue weighted by molar-refractivity contribution is -0.137. The van der Waals surface area contributed by atoms with Gasteiger partial charge < -0.3 is 20.3 Å². The van der Waals surface area contributed by atoms with Crippen LogP contribution in [0.25, 0.3) is 0 Å². The Bertz CT molecular complexity index is 842. The topological polar surface area (TPSA) is 91.0 Å². The molecule has 1 aromatic rings. The van der Waals surface area contributed by atoms with Crippen LogP contribution in [0.1, 0.15) is 49.9 Å². The number of carbonyl (C=O) groups is 3. The van der Waals surface area contributed by atoms with Gasteiger partial charge in [0, 0.05) is 18.1 Å². The molecule has 0 unspecified atom stereocenters. The van der Waals surface area contributed by atoms with Gasteiger partial charge in [0.15, 0.2) is 0 Å². The number of likely N-dealkylation sites (tertiary alicyclic amines) is 1. The lowest BCUT2D eigenvalue weighted by atomic mass is 9.99. The summed E-state index contributed by atoms with van der Waals surface area (Å²) in [5, 5.41) is 6.24. The summed E-state index contributed by atoms with van der Waals surface area (Å²) in [6, 6.07) is 4.60. The van der Waals surface area contributed by atoms with Crippen molar-refractivity contribution in [2.24, 2.45) is 5.92 Å². The van der Waals surface area contributed by atoms with Crippen LogP contribution in [0, 0.1) is 5.92 Å². The van der Waals surface area contributed by atoms with Crippen LogP contribution >= 0.6 is 11.6 Å². The molecule has 0 aliphatic carbocycles. The van der Waals surface area contributed by atoms with Gasteiger partial charge in [-0.2, -0.15) is 0 Å². The summed E-state index contributed by atoms with van der Waals surface area (Å²) in [5.41, 5.74) is 0.364. The number of nitrogens with zero attached hydrogens (tertiary/aromatic N) is 2. The van der Waals surface area contributed by atoms with Gasteiger partial charge >= 0.3 is 0 Å². The van der Waals surface area contributed by atoms with Gasteiger partial charge in [-0.3, -0.25) is 19.3 Å². The lowest BCUT2D eigenvalue weighted by Crippen LogP contribution is -2.48. The molecule has 3 rings (SSSR count). The summed E-state index contributed by atoms with van der Waals surface area (Å²) in [4.78, 5) is 42.1. The highest BCUT2D eigenvalue weighted by atomic mass is 35.5. The second-order valence-corrected chi connectivity index (χ2v) is 9.59. The van der Waals surface area contributed by atoms with E-state index in [0.29, 0.717) is 54.7 Å². The van der Waals surface area contributed by atoms with Crippen molar-refractivity contribution in [3.05, 3.63) is 28.8 Å². The molecule has 182 valence electrons. The van der Waals surface area contributed by atoms with Gasteiger partial charge in [0.05, 0.1) is 24.7 Å². The van der Waals surface area contributed by atoms with Crippen molar-refractivity contribution >= 4 is 29.3 Å². The van der Waals surface area contributed by atoms with E-state index in [-0.39, 0.29) is 36.9 Å². The number of ether oxygens (including phenoxy) is 1. The Labute approximate surface area is 201 Å². The zero-order chi connectivity index (χ0) is 23.8. The average Bonchev–Trinajstić information content (AvgIpc) is 2.78. The molecular weight excluding hydrogens is 444 g/mol. The normalized spacial score (nSPS) is 22.3. The van der Waals surface area contributed by atoms with Crippen molar-refractivity contribution in [3.63, 3.8) is 0 Å². The predicted molar refractivity (Wildman–Crippen MR) is 128 cm³/mol. The molecule has 33 heavy (non-hydrogen) atoms. The van der Waals surface area contributed by atoms with E-state index in [9.17, 15) is 14.4 Å². The zero-order valence-electron chi connectivity index (χ0n) is 19.6. The Balaban J connectivity index is 1.65. The van der Waals surface area contributed by atoms with Gasteiger partial charge in [-0.25, -0.2) is 0 Å². The molecule has 8 nitrogen and oxygen atoms in total. The average molecular weight is 479 g/mol. The fourth-order valence-corrected chi connectivity index (χ4v) is 4.26. The molecule has 2 aliphatic heterocycles. The molecule has 1 saturated heterocycles. The van der Waals surface area contributed by atoms with Crippen molar-refractivity contribution in [3.8, 4) is 5.75 Å². The summed E-state index contributed by atoms with van der Waals surface area (Å²) in [6.45, 7) is 7.37. The van der Waals surface area contributed by atoms with Gasteiger partial charge in [0.25, 0.3) is 5.91 Å². The lowest BCUT2D eigenvalue weighted by Gasteiger charge is -2.32. The number of hydrogen-bond donors (Lipinski definition) is 2. The van der Waals surface area contributed by atoms with Gasteiger partial charge in [0.2, 0.25) is 11.8 Å². The highest BCUT2D eigenvalue weighted by Gasteiger charge is 2.23. The van der Waals surface area contributed by atoms with E-state index in [0.717, 1.165) is 25.9 Å². The molecule has 3 amide bonds. The molecule has 2 N–H and O–H groups in total. The number of carbonyl (C=O) groups excluding carboxylic acids is 3. The van der Waals surface area contributed by atoms with E-state index in [4.69, 9.17) is 16.3 Å². The van der Waals surface area contributed by atoms with E-state index in [1.54, 1.807) is 23.1 Å². The monoisotopic (exact) mass is 478 g/mol. The Kier molecular flexibility index (Phi) is 9.38. The number of piperidine rings is 1. The van der Waals surface area contributed by atoms with Crippen LogP contribution in [0.3, 0.4) is 0 Å². The number of rotatable bonds is 2. The third-order valence-electron chi connectivity index (χ3n) is 6.15. The fraction of sp³-hybridized carbons (Fsp3) is 0.625. The van der Waals surface area contributed by atoms with Crippen molar-refractivity contribution in [2.45, 2.75) is 45.6 Å². The van der Waals surface area contributed by atoms with Gasteiger partial charge in [0.1, 0.15) is 12.4 Å². The molecule has 1 aromatic carbocycles. The quantitative estimate of drug-likeness (QED) is 0.680. The Morgan fingerprint density at radius 2 is 1.91 bits per heavy atom. The summed E-state index contributed by atoms with van der Waals surface area (Å²) in [6.07, 6.45) is 3.56. The molecule has 0 radical (unpaired) electrons. The highest BCUT2D eigenvalue weighted by molar-refractivity contribution is 6.31. The Hall–Kier alpha value is -2.32. The largest absolute Gasteiger partial charge is 0.491 e. The minimum atomic E-state index is -0.297. The number of fused-ring (bicyclic) bond motifs is 1.